The fraction of sp³-hybridized carbons (Fsp3) is 0.417. The van der Waals surface area contributed by atoms with Crippen LogP contribution in [0, 0.1) is 0 Å². The number of nitrogens with one attached hydrogen (secondary N) is 1. The SMILES string of the molecule is CSC(C)CCNC(=O)c1cc(N)ccc1Cl. The summed E-state index contributed by atoms with van der Waals surface area (Å²) in [5, 5.41) is 3.80. The lowest BCUT2D eigenvalue weighted by molar-refractivity contribution is 0.0953. The fourth-order valence-corrected chi connectivity index (χ4v) is 1.88. The summed E-state index contributed by atoms with van der Waals surface area (Å²) >= 11 is 7.72. The second-order valence-electron chi connectivity index (χ2n) is 3.83. The Balaban J connectivity index is 2.55. The van der Waals surface area contributed by atoms with Crippen molar-refractivity contribution in [1.82, 2.24) is 5.32 Å². The minimum absolute atomic E-state index is 0.171. The molecule has 0 fully saturated rings. The molecule has 0 saturated heterocycles. The number of halogens is 1. The van der Waals surface area contributed by atoms with Gasteiger partial charge in [-0.1, -0.05) is 18.5 Å². The Morgan fingerprint density at radius 1 is 1.59 bits per heavy atom. The van der Waals surface area contributed by atoms with E-state index >= 15 is 0 Å². The van der Waals surface area contributed by atoms with Crippen molar-refractivity contribution in [3.05, 3.63) is 28.8 Å². The van der Waals surface area contributed by atoms with Gasteiger partial charge in [-0.25, -0.2) is 0 Å². The monoisotopic (exact) mass is 272 g/mol. The van der Waals surface area contributed by atoms with Gasteiger partial charge >= 0.3 is 0 Å². The number of thioether (sulfide) groups is 1. The van der Waals surface area contributed by atoms with E-state index in [1.165, 1.54) is 0 Å². The van der Waals surface area contributed by atoms with Gasteiger partial charge in [0.2, 0.25) is 0 Å². The predicted octanol–water partition coefficient (Wildman–Crippen LogP) is 2.79. The van der Waals surface area contributed by atoms with E-state index in [2.05, 4.69) is 18.5 Å². The van der Waals surface area contributed by atoms with E-state index in [4.69, 9.17) is 17.3 Å². The van der Waals surface area contributed by atoms with Gasteiger partial charge in [-0.05, 0) is 30.9 Å². The summed E-state index contributed by atoms with van der Waals surface area (Å²) in [6.07, 6.45) is 2.99. The van der Waals surface area contributed by atoms with Crippen LogP contribution in [0.4, 0.5) is 5.69 Å². The maximum atomic E-state index is 11.8. The molecule has 0 aliphatic heterocycles. The molecule has 1 rings (SSSR count). The van der Waals surface area contributed by atoms with Crippen LogP contribution in [0.25, 0.3) is 0 Å². The molecule has 1 amide bonds. The molecule has 1 aromatic carbocycles. The topological polar surface area (TPSA) is 55.1 Å². The molecular weight excluding hydrogens is 256 g/mol. The zero-order valence-corrected chi connectivity index (χ0v) is 11.6. The number of carbonyl (C=O) groups excluding carboxylic acids is 1. The first kappa shape index (κ1) is 14.2. The van der Waals surface area contributed by atoms with Crippen molar-refractivity contribution < 1.29 is 4.79 Å². The molecule has 5 heteroatoms. The van der Waals surface area contributed by atoms with Crippen LogP contribution in [0.3, 0.4) is 0 Å². The highest BCUT2D eigenvalue weighted by Gasteiger charge is 2.10. The average Bonchev–Trinajstić information content (AvgIpc) is 2.31. The molecule has 1 atom stereocenters. The maximum absolute atomic E-state index is 11.8. The second-order valence-corrected chi connectivity index (χ2v) is 5.51. The molecule has 17 heavy (non-hydrogen) atoms. The Hall–Kier alpha value is -0.870. The van der Waals surface area contributed by atoms with Gasteiger partial charge in [-0.15, -0.1) is 0 Å². The van der Waals surface area contributed by atoms with E-state index in [0.717, 1.165) is 6.42 Å². The summed E-state index contributed by atoms with van der Waals surface area (Å²) in [6.45, 7) is 2.77. The second kappa shape index (κ2) is 6.77. The van der Waals surface area contributed by atoms with Gasteiger partial charge in [-0.3, -0.25) is 4.79 Å². The predicted molar refractivity (Wildman–Crippen MR) is 75.8 cm³/mol. The standard InChI is InChI=1S/C12H17ClN2OS/c1-8(17-2)5-6-15-12(16)10-7-9(14)3-4-11(10)13/h3-4,7-8H,5-6,14H2,1-2H3,(H,15,16). The van der Waals surface area contributed by atoms with Gasteiger partial charge in [0.1, 0.15) is 0 Å². The lowest BCUT2D eigenvalue weighted by atomic mass is 10.2. The van der Waals surface area contributed by atoms with Gasteiger partial charge in [0, 0.05) is 17.5 Å². The number of hydrogen-bond acceptors (Lipinski definition) is 3. The third-order valence-electron chi connectivity index (χ3n) is 2.47. The number of carbonyl (C=O) groups is 1. The number of anilines is 1. The Morgan fingerprint density at radius 3 is 2.94 bits per heavy atom. The summed E-state index contributed by atoms with van der Waals surface area (Å²) in [6, 6.07) is 4.90. The van der Waals surface area contributed by atoms with E-state index < -0.39 is 0 Å². The fourth-order valence-electron chi connectivity index (χ4n) is 1.32. The van der Waals surface area contributed by atoms with Crippen LogP contribution in [0.5, 0.6) is 0 Å². The van der Waals surface area contributed by atoms with Crippen LogP contribution in [0.15, 0.2) is 18.2 Å². The van der Waals surface area contributed by atoms with Crippen molar-refractivity contribution in [2.24, 2.45) is 0 Å². The van der Waals surface area contributed by atoms with E-state index in [-0.39, 0.29) is 5.91 Å². The molecule has 0 aliphatic rings. The summed E-state index contributed by atoms with van der Waals surface area (Å²) in [4.78, 5) is 11.8. The van der Waals surface area contributed by atoms with Crippen molar-refractivity contribution in [1.29, 1.82) is 0 Å². The number of hydrogen-bond donors (Lipinski definition) is 2. The molecule has 3 N–H and O–H groups in total. The average molecular weight is 273 g/mol. The molecule has 0 heterocycles. The smallest absolute Gasteiger partial charge is 0.252 e. The molecule has 1 unspecified atom stereocenters. The summed E-state index contributed by atoms with van der Waals surface area (Å²) in [5.74, 6) is -0.171. The molecule has 0 aromatic heterocycles. The number of benzene rings is 1. The maximum Gasteiger partial charge on any atom is 0.252 e. The van der Waals surface area contributed by atoms with Crippen LogP contribution in [0.2, 0.25) is 5.02 Å². The van der Waals surface area contributed by atoms with Crippen LogP contribution < -0.4 is 11.1 Å². The summed E-state index contributed by atoms with van der Waals surface area (Å²) < 4.78 is 0. The largest absolute Gasteiger partial charge is 0.399 e. The third-order valence-corrected chi connectivity index (χ3v) is 3.84. The van der Waals surface area contributed by atoms with Crippen LogP contribution in [-0.4, -0.2) is 24.0 Å². The molecule has 0 spiro atoms. The molecule has 0 aliphatic carbocycles. The molecule has 94 valence electrons. The first-order valence-corrected chi connectivity index (χ1v) is 7.07. The lowest BCUT2D eigenvalue weighted by Crippen LogP contribution is -2.26. The molecule has 3 nitrogen and oxygen atoms in total. The highest BCUT2D eigenvalue weighted by atomic mass is 35.5. The molecule has 1 aromatic rings. The zero-order chi connectivity index (χ0) is 12.8. The van der Waals surface area contributed by atoms with Gasteiger partial charge in [-0.2, -0.15) is 11.8 Å². The van der Waals surface area contributed by atoms with Crippen molar-refractivity contribution in [2.45, 2.75) is 18.6 Å². The zero-order valence-electron chi connectivity index (χ0n) is 10.00. The van der Waals surface area contributed by atoms with Crippen molar-refractivity contribution >= 4 is 35.0 Å². The lowest BCUT2D eigenvalue weighted by Gasteiger charge is -2.10. The van der Waals surface area contributed by atoms with E-state index in [1.807, 2.05) is 0 Å². The van der Waals surface area contributed by atoms with Gasteiger partial charge in [0.05, 0.1) is 10.6 Å². The van der Waals surface area contributed by atoms with Crippen LogP contribution in [0.1, 0.15) is 23.7 Å². The van der Waals surface area contributed by atoms with Crippen molar-refractivity contribution in [3.63, 3.8) is 0 Å². The Labute approximate surface area is 111 Å². The Kier molecular flexibility index (Phi) is 5.65. The first-order valence-electron chi connectivity index (χ1n) is 5.40. The quantitative estimate of drug-likeness (QED) is 0.811. The highest BCUT2D eigenvalue weighted by Crippen LogP contribution is 2.18. The van der Waals surface area contributed by atoms with E-state index in [0.29, 0.717) is 28.1 Å². The summed E-state index contributed by atoms with van der Waals surface area (Å²) in [7, 11) is 0. The molecular formula is C12H17ClN2OS. The number of amides is 1. The Morgan fingerprint density at radius 2 is 2.29 bits per heavy atom. The first-order chi connectivity index (χ1) is 8.04. The number of nitrogens with two attached hydrogens (primary N) is 1. The number of nitrogen functional groups attached to an aromatic ring is 1. The van der Waals surface area contributed by atoms with Crippen molar-refractivity contribution in [2.75, 3.05) is 18.5 Å². The van der Waals surface area contributed by atoms with Gasteiger partial charge < -0.3 is 11.1 Å². The van der Waals surface area contributed by atoms with E-state index in [1.54, 1.807) is 30.0 Å². The highest BCUT2D eigenvalue weighted by molar-refractivity contribution is 7.99. The normalized spacial score (nSPS) is 12.2. The number of rotatable bonds is 5. The third kappa shape index (κ3) is 4.48. The minimum atomic E-state index is -0.171. The van der Waals surface area contributed by atoms with Crippen LogP contribution in [-0.2, 0) is 0 Å². The molecule has 0 radical (unpaired) electrons. The van der Waals surface area contributed by atoms with Gasteiger partial charge in [0.25, 0.3) is 5.91 Å². The molecule has 0 bridgehead atoms. The molecule has 0 saturated carbocycles. The Bertz CT molecular complexity index is 398. The van der Waals surface area contributed by atoms with Crippen molar-refractivity contribution in [3.8, 4) is 0 Å². The van der Waals surface area contributed by atoms with Crippen LogP contribution >= 0.6 is 23.4 Å². The van der Waals surface area contributed by atoms with E-state index in [9.17, 15) is 4.79 Å². The van der Waals surface area contributed by atoms with Gasteiger partial charge in [0.15, 0.2) is 0 Å². The minimum Gasteiger partial charge on any atom is -0.399 e. The summed E-state index contributed by atoms with van der Waals surface area (Å²) in [5.41, 5.74) is 6.59.